The van der Waals surface area contributed by atoms with Crippen LogP contribution in [0, 0.1) is 5.92 Å². The largest absolute Gasteiger partial charge is 0.461 e. The van der Waals surface area contributed by atoms with E-state index in [0.29, 0.717) is 12.5 Å². The minimum Gasteiger partial charge on any atom is -0.461 e. The molecule has 0 unspecified atom stereocenters. The highest BCUT2D eigenvalue weighted by Gasteiger charge is 2.12. The van der Waals surface area contributed by atoms with Crippen LogP contribution in [0.25, 0.3) is 0 Å². The van der Waals surface area contributed by atoms with Crippen molar-refractivity contribution >= 4 is 11.9 Å². The third-order valence-electron chi connectivity index (χ3n) is 2.47. The van der Waals surface area contributed by atoms with E-state index >= 15 is 0 Å². The van der Waals surface area contributed by atoms with E-state index in [4.69, 9.17) is 4.74 Å². The van der Waals surface area contributed by atoms with Crippen LogP contribution in [0.5, 0.6) is 0 Å². The molecule has 0 aliphatic carbocycles. The Morgan fingerprint density at radius 3 is 2.63 bits per heavy atom. The van der Waals surface area contributed by atoms with E-state index in [1.165, 1.54) is 6.07 Å². The van der Waals surface area contributed by atoms with Gasteiger partial charge in [0.25, 0.3) is 5.91 Å². The minimum absolute atomic E-state index is 0.151. The zero-order valence-corrected chi connectivity index (χ0v) is 11.6. The highest BCUT2D eigenvalue weighted by atomic mass is 16.5. The first kappa shape index (κ1) is 15.1. The zero-order chi connectivity index (χ0) is 14.3. The summed E-state index contributed by atoms with van der Waals surface area (Å²) in [6.45, 7) is 6.78. The van der Waals surface area contributed by atoms with Crippen molar-refractivity contribution < 1.29 is 14.3 Å². The molecule has 0 bridgehead atoms. The van der Waals surface area contributed by atoms with Crippen LogP contribution in [-0.2, 0) is 4.74 Å². The Morgan fingerprint density at radius 2 is 2.00 bits per heavy atom. The summed E-state index contributed by atoms with van der Waals surface area (Å²) < 4.78 is 4.84. The fraction of sp³-hybridized carbons (Fsp3) is 0.500. The Hall–Kier alpha value is -1.91. The maximum Gasteiger partial charge on any atom is 0.356 e. The average molecular weight is 264 g/mol. The van der Waals surface area contributed by atoms with Gasteiger partial charge in [-0.25, -0.2) is 9.78 Å². The van der Waals surface area contributed by atoms with Crippen LogP contribution in [-0.4, -0.2) is 30.0 Å². The van der Waals surface area contributed by atoms with Gasteiger partial charge >= 0.3 is 5.97 Å². The van der Waals surface area contributed by atoms with E-state index in [2.05, 4.69) is 24.1 Å². The molecular formula is C14H20N2O3. The molecule has 5 nitrogen and oxygen atoms in total. The predicted octanol–water partition coefficient (Wildman–Crippen LogP) is 2.03. The van der Waals surface area contributed by atoms with Gasteiger partial charge in [-0.2, -0.15) is 0 Å². The quantitative estimate of drug-likeness (QED) is 0.798. The highest BCUT2D eigenvalue weighted by Crippen LogP contribution is 2.02. The number of hydrogen-bond donors (Lipinski definition) is 1. The molecule has 0 aromatic carbocycles. The van der Waals surface area contributed by atoms with Crippen LogP contribution in [0.3, 0.4) is 0 Å². The van der Waals surface area contributed by atoms with Crippen molar-refractivity contribution in [3.05, 3.63) is 29.6 Å². The summed E-state index contributed by atoms with van der Waals surface area (Å²) in [5.74, 6) is -0.259. The summed E-state index contributed by atoms with van der Waals surface area (Å²) in [5.41, 5.74) is 0.382. The van der Waals surface area contributed by atoms with Gasteiger partial charge in [-0.3, -0.25) is 4.79 Å². The lowest BCUT2D eigenvalue weighted by molar-refractivity contribution is 0.0519. The van der Waals surface area contributed by atoms with Crippen molar-refractivity contribution in [2.24, 2.45) is 5.92 Å². The van der Waals surface area contributed by atoms with Crippen LogP contribution in [0.1, 0.15) is 48.2 Å². The van der Waals surface area contributed by atoms with Crippen molar-refractivity contribution in [1.82, 2.24) is 10.3 Å². The van der Waals surface area contributed by atoms with Crippen molar-refractivity contribution in [2.45, 2.75) is 27.2 Å². The van der Waals surface area contributed by atoms with Gasteiger partial charge < -0.3 is 10.1 Å². The molecule has 0 radical (unpaired) electrons. The van der Waals surface area contributed by atoms with Crippen molar-refractivity contribution in [1.29, 1.82) is 0 Å². The second kappa shape index (κ2) is 7.51. The van der Waals surface area contributed by atoms with Gasteiger partial charge in [0.1, 0.15) is 11.4 Å². The molecule has 0 aliphatic rings. The van der Waals surface area contributed by atoms with Crippen LogP contribution in [0.2, 0.25) is 0 Å². The number of carbonyl (C=O) groups is 2. The van der Waals surface area contributed by atoms with Crippen molar-refractivity contribution in [3.8, 4) is 0 Å². The predicted molar refractivity (Wildman–Crippen MR) is 72.0 cm³/mol. The maximum absolute atomic E-state index is 11.8. The van der Waals surface area contributed by atoms with Gasteiger partial charge in [0.15, 0.2) is 0 Å². The summed E-state index contributed by atoms with van der Waals surface area (Å²) in [5, 5.41) is 2.77. The Balaban J connectivity index is 2.65. The molecule has 0 saturated carbocycles. The Kier molecular flexibility index (Phi) is 5.99. The van der Waals surface area contributed by atoms with E-state index in [1.807, 2.05) is 0 Å². The second-order valence-corrected chi connectivity index (χ2v) is 4.57. The lowest BCUT2D eigenvalue weighted by atomic mass is 10.1. The number of amides is 1. The zero-order valence-electron chi connectivity index (χ0n) is 11.6. The van der Waals surface area contributed by atoms with Gasteiger partial charge in [0.2, 0.25) is 0 Å². The highest BCUT2D eigenvalue weighted by molar-refractivity contribution is 5.94. The summed E-state index contributed by atoms with van der Waals surface area (Å²) in [7, 11) is 0. The standard InChI is InChI=1S/C14H20N2O3/c1-4-19-14(18)12-7-5-6-11(16-12)13(17)15-9-8-10(2)3/h5-7,10H,4,8-9H2,1-3H3,(H,15,17). The SMILES string of the molecule is CCOC(=O)c1cccc(C(=O)NCCC(C)C)n1. The van der Waals surface area contributed by atoms with E-state index in [1.54, 1.807) is 19.1 Å². The second-order valence-electron chi connectivity index (χ2n) is 4.57. The molecule has 0 saturated heterocycles. The summed E-state index contributed by atoms with van der Waals surface area (Å²) in [4.78, 5) is 27.3. The first-order chi connectivity index (χ1) is 9.04. The normalized spacial score (nSPS) is 10.3. The number of hydrogen-bond acceptors (Lipinski definition) is 4. The number of aromatic nitrogens is 1. The fourth-order valence-electron chi connectivity index (χ4n) is 1.44. The number of rotatable bonds is 6. The molecule has 0 atom stereocenters. The van der Waals surface area contributed by atoms with Gasteiger partial charge in [0, 0.05) is 6.54 Å². The summed E-state index contributed by atoms with van der Waals surface area (Å²) >= 11 is 0. The van der Waals surface area contributed by atoms with Gasteiger partial charge in [0.05, 0.1) is 6.61 Å². The van der Waals surface area contributed by atoms with E-state index in [-0.39, 0.29) is 23.9 Å². The topological polar surface area (TPSA) is 68.3 Å². The molecule has 5 heteroatoms. The lowest BCUT2D eigenvalue weighted by Crippen LogP contribution is -2.26. The Labute approximate surface area is 113 Å². The first-order valence-electron chi connectivity index (χ1n) is 6.47. The van der Waals surface area contributed by atoms with Gasteiger partial charge in [-0.05, 0) is 31.4 Å². The molecule has 1 amide bonds. The minimum atomic E-state index is -0.515. The number of nitrogens with one attached hydrogen (secondary N) is 1. The molecule has 104 valence electrons. The smallest absolute Gasteiger partial charge is 0.356 e. The van der Waals surface area contributed by atoms with Crippen LogP contribution >= 0.6 is 0 Å². The van der Waals surface area contributed by atoms with E-state index in [9.17, 15) is 9.59 Å². The molecule has 0 aliphatic heterocycles. The fourth-order valence-corrected chi connectivity index (χ4v) is 1.44. The maximum atomic E-state index is 11.8. The average Bonchev–Trinajstić information content (AvgIpc) is 2.38. The molecule has 1 rings (SSSR count). The van der Waals surface area contributed by atoms with Crippen molar-refractivity contribution in [3.63, 3.8) is 0 Å². The van der Waals surface area contributed by atoms with E-state index < -0.39 is 5.97 Å². The Morgan fingerprint density at radius 1 is 1.32 bits per heavy atom. The number of carbonyl (C=O) groups excluding carboxylic acids is 2. The molecule has 0 spiro atoms. The van der Waals surface area contributed by atoms with Crippen molar-refractivity contribution in [2.75, 3.05) is 13.2 Å². The van der Waals surface area contributed by atoms with Gasteiger partial charge in [-0.15, -0.1) is 0 Å². The molecule has 0 fully saturated rings. The molecule has 1 N–H and O–H groups in total. The molecular weight excluding hydrogens is 244 g/mol. The third-order valence-corrected chi connectivity index (χ3v) is 2.47. The number of pyridine rings is 1. The van der Waals surface area contributed by atoms with Crippen LogP contribution in [0.15, 0.2) is 18.2 Å². The Bertz CT molecular complexity index is 444. The monoisotopic (exact) mass is 264 g/mol. The molecule has 1 aromatic rings. The molecule has 1 heterocycles. The number of ether oxygens (including phenoxy) is 1. The molecule has 1 aromatic heterocycles. The third kappa shape index (κ3) is 5.07. The first-order valence-corrected chi connectivity index (χ1v) is 6.47. The summed E-state index contributed by atoms with van der Waals surface area (Å²) in [6, 6.07) is 4.73. The lowest BCUT2D eigenvalue weighted by Gasteiger charge is -2.07. The van der Waals surface area contributed by atoms with Gasteiger partial charge in [-0.1, -0.05) is 19.9 Å². The van der Waals surface area contributed by atoms with E-state index in [0.717, 1.165) is 6.42 Å². The molecule has 19 heavy (non-hydrogen) atoms. The number of nitrogens with zero attached hydrogens (tertiary/aromatic N) is 1. The summed E-state index contributed by atoms with van der Waals surface area (Å²) in [6.07, 6.45) is 0.906. The number of esters is 1. The van der Waals surface area contributed by atoms with Crippen LogP contribution in [0.4, 0.5) is 0 Å². The van der Waals surface area contributed by atoms with Crippen LogP contribution < -0.4 is 5.32 Å².